The first kappa shape index (κ1) is 13.9. The highest BCUT2D eigenvalue weighted by Crippen LogP contribution is 2.29. The molecular weight excluding hydrogens is 260 g/mol. The molecule has 2 nitrogen and oxygen atoms in total. The van der Waals surface area contributed by atoms with Crippen LogP contribution in [-0.2, 0) is 0 Å². The number of aliphatic imine (C=N–C) groups is 1. The predicted octanol–water partition coefficient (Wildman–Crippen LogP) is 4.37. The van der Waals surface area contributed by atoms with Crippen LogP contribution in [0.4, 0.5) is 0 Å². The van der Waals surface area contributed by atoms with Gasteiger partial charge in [-0.25, -0.2) is 0 Å². The van der Waals surface area contributed by atoms with Crippen molar-refractivity contribution in [3.05, 3.63) is 21.9 Å². The van der Waals surface area contributed by atoms with Crippen molar-refractivity contribution in [3.63, 3.8) is 0 Å². The second-order valence-corrected chi connectivity index (χ2v) is 7.60. The van der Waals surface area contributed by atoms with E-state index in [2.05, 4.69) is 45.1 Å². The van der Waals surface area contributed by atoms with Gasteiger partial charge in [-0.05, 0) is 45.7 Å². The highest BCUT2D eigenvalue weighted by Gasteiger charge is 2.27. The van der Waals surface area contributed by atoms with Crippen LogP contribution < -0.4 is 5.32 Å². The molecule has 0 bridgehead atoms. The average molecular weight is 282 g/mol. The topological polar surface area (TPSA) is 24.4 Å². The lowest BCUT2D eigenvalue weighted by molar-refractivity contribution is 0.389. The minimum atomic E-state index is 0.231. The molecule has 0 aliphatic carbocycles. The number of thioether (sulfide) groups is 1. The first-order valence-electron chi connectivity index (χ1n) is 6.57. The van der Waals surface area contributed by atoms with Gasteiger partial charge in [-0.1, -0.05) is 18.7 Å². The van der Waals surface area contributed by atoms with Gasteiger partial charge in [-0.3, -0.25) is 4.99 Å². The standard InChI is InChI=1S/C14H22N2S2/c1-5-14(4)8-9-17-13(16-14)15-11(3)12-7-6-10(2)18-12/h6-7,11H,5,8-9H2,1-4H3,(H,15,16). The van der Waals surface area contributed by atoms with Gasteiger partial charge in [0, 0.05) is 21.0 Å². The summed E-state index contributed by atoms with van der Waals surface area (Å²) in [5, 5.41) is 4.72. The Kier molecular flexibility index (Phi) is 4.38. The fourth-order valence-electron chi connectivity index (χ4n) is 1.98. The summed E-state index contributed by atoms with van der Waals surface area (Å²) in [6.07, 6.45) is 2.37. The van der Waals surface area contributed by atoms with E-state index < -0.39 is 0 Å². The minimum absolute atomic E-state index is 0.231. The zero-order valence-corrected chi connectivity index (χ0v) is 13.3. The molecule has 0 saturated carbocycles. The summed E-state index contributed by atoms with van der Waals surface area (Å²) in [7, 11) is 0. The van der Waals surface area contributed by atoms with Crippen LogP contribution in [0.25, 0.3) is 0 Å². The minimum Gasteiger partial charge on any atom is -0.360 e. The third-order valence-corrected chi connectivity index (χ3v) is 5.63. The van der Waals surface area contributed by atoms with E-state index in [1.165, 1.54) is 21.9 Å². The highest BCUT2D eigenvalue weighted by molar-refractivity contribution is 8.13. The molecule has 2 rings (SSSR count). The van der Waals surface area contributed by atoms with E-state index in [1.807, 2.05) is 23.1 Å². The number of rotatable bonds is 3. The molecule has 1 fully saturated rings. The van der Waals surface area contributed by atoms with Crippen LogP contribution in [0.2, 0.25) is 0 Å². The quantitative estimate of drug-likeness (QED) is 0.890. The van der Waals surface area contributed by atoms with E-state index in [0.29, 0.717) is 0 Å². The maximum Gasteiger partial charge on any atom is 0.157 e. The third-order valence-electron chi connectivity index (χ3n) is 3.57. The van der Waals surface area contributed by atoms with Crippen molar-refractivity contribution >= 4 is 28.3 Å². The molecule has 4 heteroatoms. The molecule has 0 radical (unpaired) electrons. The fraction of sp³-hybridized carbons (Fsp3) is 0.643. The lowest BCUT2D eigenvalue weighted by Gasteiger charge is -2.35. The molecule has 1 aliphatic rings. The van der Waals surface area contributed by atoms with Gasteiger partial charge >= 0.3 is 0 Å². The van der Waals surface area contributed by atoms with Gasteiger partial charge in [0.05, 0.1) is 6.04 Å². The van der Waals surface area contributed by atoms with Gasteiger partial charge in [0.2, 0.25) is 0 Å². The summed E-state index contributed by atoms with van der Waals surface area (Å²) in [5.41, 5.74) is 0.231. The van der Waals surface area contributed by atoms with Crippen LogP contribution in [-0.4, -0.2) is 16.5 Å². The van der Waals surface area contributed by atoms with Gasteiger partial charge < -0.3 is 5.32 Å². The van der Waals surface area contributed by atoms with Crippen LogP contribution in [0.3, 0.4) is 0 Å². The molecule has 2 atom stereocenters. The molecule has 0 spiro atoms. The lowest BCUT2D eigenvalue weighted by Crippen LogP contribution is -2.48. The predicted molar refractivity (Wildman–Crippen MR) is 83.8 cm³/mol. The fourth-order valence-corrected chi connectivity index (χ4v) is 4.15. The van der Waals surface area contributed by atoms with Gasteiger partial charge in [0.15, 0.2) is 5.17 Å². The molecule has 2 unspecified atom stereocenters. The van der Waals surface area contributed by atoms with E-state index in [-0.39, 0.29) is 11.6 Å². The summed E-state index contributed by atoms with van der Waals surface area (Å²) in [6, 6.07) is 4.63. The van der Waals surface area contributed by atoms with Crippen molar-refractivity contribution in [3.8, 4) is 0 Å². The Morgan fingerprint density at radius 2 is 2.28 bits per heavy atom. The van der Waals surface area contributed by atoms with Crippen LogP contribution in [0.5, 0.6) is 0 Å². The van der Waals surface area contributed by atoms with Crippen molar-refractivity contribution in [2.75, 3.05) is 5.75 Å². The lowest BCUT2D eigenvalue weighted by atomic mass is 9.96. The Bertz CT molecular complexity index is 439. The van der Waals surface area contributed by atoms with E-state index in [0.717, 1.165) is 11.6 Å². The van der Waals surface area contributed by atoms with Crippen LogP contribution in [0.1, 0.15) is 49.4 Å². The van der Waals surface area contributed by atoms with Crippen molar-refractivity contribution in [1.29, 1.82) is 0 Å². The zero-order valence-electron chi connectivity index (χ0n) is 11.6. The Labute approximate surface area is 118 Å². The largest absolute Gasteiger partial charge is 0.360 e. The summed E-state index contributed by atoms with van der Waals surface area (Å²) in [5.74, 6) is 1.17. The maximum atomic E-state index is 4.84. The average Bonchev–Trinajstić information content (AvgIpc) is 2.76. The molecular formula is C14H22N2S2. The Balaban J connectivity index is 2.08. The number of hydrogen-bond acceptors (Lipinski definition) is 3. The molecule has 2 heterocycles. The maximum absolute atomic E-state index is 4.84. The monoisotopic (exact) mass is 282 g/mol. The molecule has 18 heavy (non-hydrogen) atoms. The van der Waals surface area contributed by atoms with E-state index in [9.17, 15) is 0 Å². The van der Waals surface area contributed by atoms with Crippen molar-refractivity contribution < 1.29 is 0 Å². The van der Waals surface area contributed by atoms with E-state index >= 15 is 0 Å². The number of nitrogens with one attached hydrogen (secondary N) is 1. The molecule has 1 aliphatic heterocycles. The Hall–Kier alpha value is -0.480. The van der Waals surface area contributed by atoms with Gasteiger partial charge in [0.1, 0.15) is 0 Å². The summed E-state index contributed by atoms with van der Waals surface area (Å²) >= 11 is 3.70. The molecule has 1 aromatic rings. The number of amidine groups is 1. The molecule has 1 aromatic heterocycles. The summed E-state index contributed by atoms with van der Waals surface area (Å²) in [4.78, 5) is 7.56. The smallest absolute Gasteiger partial charge is 0.157 e. The summed E-state index contributed by atoms with van der Waals surface area (Å²) in [6.45, 7) is 8.86. The van der Waals surface area contributed by atoms with Gasteiger partial charge in [-0.2, -0.15) is 0 Å². The number of aryl methyl sites for hydroxylation is 1. The molecule has 0 amide bonds. The van der Waals surface area contributed by atoms with Gasteiger partial charge in [-0.15, -0.1) is 11.3 Å². The SMILES string of the molecule is CCC1(C)CCSC(=NC(C)c2ccc(C)s2)N1. The molecule has 1 N–H and O–H groups in total. The van der Waals surface area contributed by atoms with Crippen molar-refractivity contribution in [1.82, 2.24) is 5.32 Å². The number of thiophene rings is 1. The number of hydrogen-bond donors (Lipinski definition) is 1. The Morgan fingerprint density at radius 1 is 1.50 bits per heavy atom. The van der Waals surface area contributed by atoms with E-state index in [4.69, 9.17) is 4.99 Å². The zero-order chi connectivity index (χ0) is 13.2. The summed E-state index contributed by atoms with van der Waals surface area (Å²) < 4.78 is 0. The number of nitrogens with zero attached hydrogens (tertiary/aromatic N) is 1. The van der Waals surface area contributed by atoms with Gasteiger partial charge in [0.25, 0.3) is 0 Å². The first-order valence-corrected chi connectivity index (χ1v) is 8.38. The molecule has 1 saturated heterocycles. The van der Waals surface area contributed by atoms with Crippen LogP contribution >= 0.6 is 23.1 Å². The second-order valence-electron chi connectivity index (χ2n) is 5.20. The molecule has 100 valence electrons. The molecule has 0 aromatic carbocycles. The van der Waals surface area contributed by atoms with Crippen molar-refractivity contribution in [2.24, 2.45) is 4.99 Å². The third kappa shape index (κ3) is 3.29. The Morgan fingerprint density at radius 3 is 2.89 bits per heavy atom. The van der Waals surface area contributed by atoms with Crippen LogP contribution in [0.15, 0.2) is 17.1 Å². The second kappa shape index (κ2) is 5.66. The normalized spacial score (nSPS) is 28.1. The highest BCUT2D eigenvalue weighted by atomic mass is 32.2. The van der Waals surface area contributed by atoms with Crippen molar-refractivity contribution in [2.45, 2.75) is 52.1 Å². The first-order chi connectivity index (χ1) is 8.52. The van der Waals surface area contributed by atoms with E-state index in [1.54, 1.807) is 0 Å². The van der Waals surface area contributed by atoms with Crippen LogP contribution in [0, 0.1) is 6.92 Å².